The molecule has 2 aromatic heterocycles. The van der Waals surface area contributed by atoms with Crippen molar-refractivity contribution >= 4 is 28.7 Å². The number of hydrogen-bond donors (Lipinski definition) is 1. The maximum atomic E-state index is 6.24. The molecular formula is C24H26ClN5O2. The average Bonchev–Trinajstić information content (AvgIpc) is 3.22. The molecule has 2 aromatic carbocycles. The van der Waals surface area contributed by atoms with E-state index in [2.05, 4.69) is 39.2 Å². The highest BCUT2D eigenvalue weighted by Crippen LogP contribution is 2.20. The van der Waals surface area contributed by atoms with Crippen molar-refractivity contribution in [2.45, 2.75) is 38.7 Å². The molecule has 0 amide bonds. The van der Waals surface area contributed by atoms with Gasteiger partial charge in [0, 0.05) is 13.2 Å². The Morgan fingerprint density at radius 3 is 2.31 bits per heavy atom. The summed E-state index contributed by atoms with van der Waals surface area (Å²) in [5.41, 5.74) is 9.24. The van der Waals surface area contributed by atoms with Crippen LogP contribution in [0.5, 0.6) is 0 Å². The van der Waals surface area contributed by atoms with Crippen LogP contribution in [-0.4, -0.2) is 32.2 Å². The first kappa shape index (κ1) is 22.2. The van der Waals surface area contributed by atoms with Crippen LogP contribution in [-0.2, 0) is 29.2 Å². The maximum Gasteiger partial charge on any atom is 0.223 e. The van der Waals surface area contributed by atoms with E-state index in [1.165, 1.54) is 0 Å². The molecule has 0 unspecified atom stereocenters. The first-order chi connectivity index (χ1) is 15.7. The number of nitrogen functional groups attached to an aromatic ring is 1. The van der Waals surface area contributed by atoms with Gasteiger partial charge in [-0.1, -0.05) is 72.3 Å². The molecule has 0 radical (unpaired) electrons. The number of halogens is 1. The van der Waals surface area contributed by atoms with Crippen molar-refractivity contribution in [3.8, 4) is 0 Å². The van der Waals surface area contributed by atoms with E-state index in [1.807, 2.05) is 41.0 Å². The van der Waals surface area contributed by atoms with Gasteiger partial charge in [-0.15, -0.1) is 0 Å². The van der Waals surface area contributed by atoms with Crippen molar-refractivity contribution in [1.82, 2.24) is 19.5 Å². The van der Waals surface area contributed by atoms with Crippen molar-refractivity contribution < 1.29 is 9.47 Å². The SMILES string of the molecule is Nc1nc(Cl)c2ncn(CC[C@@H](CCOCc3ccccc3)OCc3ccccc3)c2n1. The number of aryl methyl sites for hydroxylation is 1. The van der Waals surface area contributed by atoms with Crippen LogP contribution < -0.4 is 5.73 Å². The van der Waals surface area contributed by atoms with Crippen molar-refractivity contribution in [2.75, 3.05) is 12.3 Å². The number of benzene rings is 2. The Balaban J connectivity index is 1.36. The van der Waals surface area contributed by atoms with Crippen LogP contribution in [0, 0.1) is 0 Å². The first-order valence-corrected chi connectivity index (χ1v) is 11.0. The molecule has 0 aliphatic rings. The summed E-state index contributed by atoms with van der Waals surface area (Å²) in [6.07, 6.45) is 3.28. The molecule has 0 aliphatic heterocycles. The number of rotatable bonds is 11. The minimum atomic E-state index is 0.0121. The number of ether oxygens (including phenoxy) is 2. The lowest BCUT2D eigenvalue weighted by Crippen LogP contribution is -2.18. The minimum absolute atomic E-state index is 0.0121. The van der Waals surface area contributed by atoms with Crippen LogP contribution in [0.3, 0.4) is 0 Å². The van der Waals surface area contributed by atoms with Gasteiger partial charge < -0.3 is 19.8 Å². The third-order valence-corrected chi connectivity index (χ3v) is 5.42. The van der Waals surface area contributed by atoms with E-state index in [9.17, 15) is 0 Å². The van der Waals surface area contributed by atoms with Crippen LogP contribution in [0.25, 0.3) is 11.2 Å². The smallest absolute Gasteiger partial charge is 0.223 e. The molecule has 2 heterocycles. The summed E-state index contributed by atoms with van der Waals surface area (Å²) in [6.45, 7) is 2.42. The fourth-order valence-electron chi connectivity index (χ4n) is 3.45. The van der Waals surface area contributed by atoms with Crippen molar-refractivity contribution in [2.24, 2.45) is 0 Å². The molecule has 166 valence electrons. The van der Waals surface area contributed by atoms with Gasteiger partial charge in [0.2, 0.25) is 5.95 Å². The zero-order valence-corrected chi connectivity index (χ0v) is 18.5. The van der Waals surface area contributed by atoms with E-state index in [4.69, 9.17) is 26.8 Å². The monoisotopic (exact) mass is 451 g/mol. The van der Waals surface area contributed by atoms with Gasteiger partial charge in [0.15, 0.2) is 10.8 Å². The Labute approximate surface area is 192 Å². The number of nitrogens with zero attached hydrogens (tertiary/aromatic N) is 4. The molecule has 0 fully saturated rings. The van der Waals surface area contributed by atoms with Crippen LogP contribution >= 0.6 is 11.6 Å². The van der Waals surface area contributed by atoms with Gasteiger partial charge in [-0.05, 0) is 24.0 Å². The highest BCUT2D eigenvalue weighted by Gasteiger charge is 2.14. The molecule has 4 aromatic rings. The van der Waals surface area contributed by atoms with E-state index >= 15 is 0 Å². The van der Waals surface area contributed by atoms with E-state index in [0.717, 1.165) is 24.0 Å². The fraction of sp³-hybridized carbons (Fsp3) is 0.292. The van der Waals surface area contributed by atoms with Gasteiger partial charge in [0.1, 0.15) is 5.52 Å². The van der Waals surface area contributed by atoms with Crippen molar-refractivity contribution in [3.05, 3.63) is 83.3 Å². The molecule has 2 N–H and O–H groups in total. The lowest BCUT2D eigenvalue weighted by Gasteiger charge is -2.19. The molecule has 32 heavy (non-hydrogen) atoms. The molecule has 0 saturated heterocycles. The van der Waals surface area contributed by atoms with Crippen molar-refractivity contribution in [1.29, 1.82) is 0 Å². The lowest BCUT2D eigenvalue weighted by atomic mass is 10.1. The molecular weight excluding hydrogens is 426 g/mol. The lowest BCUT2D eigenvalue weighted by molar-refractivity contribution is 0.00242. The van der Waals surface area contributed by atoms with Gasteiger partial charge in [0.05, 0.1) is 25.6 Å². The molecule has 1 atom stereocenters. The van der Waals surface area contributed by atoms with E-state index in [-0.39, 0.29) is 17.2 Å². The summed E-state index contributed by atoms with van der Waals surface area (Å²) in [6, 6.07) is 20.3. The standard InChI is InChI=1S/C24H26ClN5O2/c25-22-21-23(29-24(26)28-22)30(17-27-21)13-11-20(32-16-19-9-5-2-6-10-19)12-14-31-15-18-7-3-1-4-8-18/h1-10,17,20H,11-16H2,(H2,26,28,29)/t20-/m0/s1. The van der Waals surface area contributed by atoms with Crippen molar-refractivity contribution in [3.63, 3.8) is 0 Å². The Hall–Kier alpha value is -3.00. The molecule has 0 spiro atoms. The number of nitrogens with two attached hydrogens (primary N) is 1. The quantitative estimate of drug-likeness (QED) is 0.264. The summed E-state index contributed by atoms with van der Waals surface area (Å²) < 4.78 is 14.1. The van der Waals surface area contributed by atoms with Gasteiger partial charge in [-0.3, -0.25) is 0 Å². The number of anilines is 1. The van der Waals surface area contributed by atoms with E-state index < -0.39 is 0 Å². The number of imidazole rings is 1. The minimum Gasteiger partial charge on any atom is -0.377 e. The van der Waals surface area contributed by atoms with Gasteiger partial charge in [-0.2, -0.15) is 9.97 Å². The molecule has 0 saturated carbocycles. The number of hydrogen-bond acceptors (Lipinski definition) is 6. The highest BCUT2D eigenvalue weighted by atomic mass is 35.5. The van der Waals surface area contributed by atoms with Gasteiger partial charge in [-0.25, -0.2) is 4.98 Å². The summed E-state index contributed by atoms with van der Waals surface area (Å²) >= 11 is 6.14. The molecule has 0 bridgehead atoms. The topological polar surface area (TPSA) is 88.1 Å². The van der Waals surface area contributed by atoms with Crippen LogP contribution in [0.4, 0.5) is 5.95 Å². The Morgan fingerprint density at radius 2 is 1.59 bits per heavy atom. The third-order valence-electron chi connectivity index (χ3n) is 5.15. The Bertz CT molecular complexity index is 1120. The first-order valence-electron chi connectivity index (χ1n) is 10.6. The molecule has 8 heteroatoms. The molecule has 4 rings (SSSR count). The summed E-state index contributed by atoms with van der Waals surface area (Å²) in [4.78, 5) is 12.6. The second-order valence-electron chi connectivity index (χ2n) is 7.52. The zero-order valence-electron chi connectivity index (χ0n) is 17.7. The summed E-state index contributed by atoms with van der Waals surface area (Å²) in [5, 5.41) is 0.262. The maximum absolute atomic E-state index is 6.24. The molecule has 7 nitrogen and oxygen atoms in total. The van der Waals surface area contributed by atoms with Crippen LogP contribution in [0.2, 0.25) is 5.15 Å². The van der Waals surface area contributed by atoms with E-state index in [1.54, 1.807) is 6.33 Å². The van der Waals surface area contributed by atoms with Crippen LogP contribution in [0.1, 0.15) is 24.0 Å². The molecule has 0 aliphatic carbocycles. The normalized spacial score (nSPS) is 12.3. The third kappa shape index (κ3) is 6.03. The second kappa shape index (κ2) is 11.0. The Kier molecular flexibility index (Phi) is 7.66. The second-order valence-corrected chi connectivity index (χ2v) is 7.87. The number of fused-ring (bicyclic) bond motifs is 1. The highest BCUT2D eigenvalue weighted by molar-refractivity contribution is 6.33. The zero-order chi connectivity index (χ0) is 22.2. The Morgan fingerprint density at radius 1 is 0.906 bits per heavy atom. The largest absolute Gasteiger partial charge is 0.377 e. The number of aromatic nitrogens is 4. The van der Waals surface area contributed by atoms with Gasteiger partial charge in [0.25, 0.3) is 0 Å². The summed E-state index contributed by atoms with van der Waals surface area (Å²) in [7, 11) is 0. The predicted molar refractivity (Wildman–Crippen MR) is 125 cm³/mol. The fourth-order valence-corrected chi connectivity index (χ4v) is 3.67. The predicted octanol–water partition coefficient (Wildman–Crippen LogP) is 4.64. The summed E-state index contributed by atoms with van der Waals surface area (Å²) in [5.74, 6) is 0.135. The van der Waals surface area contributed by atoms with Gasteiger partial charge >= 0.3 is 0 Å². The average molecular weight is 452 g/mol. The van der Waals surface area contributed by atoms with E-state index in [0.29, 0.717) is 37.5 Å². The van der Waals surface area contributed by atoms with Crippen LogP contribution in [0.15, 0.2) is 67.0 Å².